The first kappa shape index (κ1) is 44.5. The molecule has 1 saturated carbocycles. The first-order valence-corrected chi connectivity index (χ1v) is 19.2. The molecule has 1 atom stereocenters. The predicted molar refractivity (Wildman–Crippen MR) is 213 cm³/mol. The lowest BCUT2D eigenvalue weighted by Gasteiger charge is -2.15. The monoisotopic (exact) mass is 730 g/mol. The highest BCUT2D eigenvalue weighted by atomic mass is 16.5. The summed E-state index contributed by atoms with van der Waals surface area (Å²) in [6, 6.07) is 15.0. The molecule has 1 fully saturated rings. The highest BCUT2D eigenvalue weighted by Crippen LogP contribution is 2.31. The van der Waals surface area contributed by atoms with E-state index in [0.29, 0.717) is 55.2 Å². The maximum atomic E-state index is 11.7. The molecule has 0 aliphatic heterocycles. The van der Waals surface area contributed by atoms with Crippen LogP contribution in [0.3, 0.4) is 0 Å². The van der Waals surface area contributed by atoms with Crippen molar-refractivity contribution in [1.82, 2.24) is 5.32 Å². The first-order valence-electron chi connectivity index (χ1n) is 19.2. The van der Waals surface area contributed by atoms with Crippen LogP contribution in [0.15, 0.2) is 84.3 Å². The summed E-state index contributed by atoms with van der Waals surface area (Å²) in [6.07, 6.45) is 18.1. The van der Waals surface area contributed by atoms with Crippen molar-refractivity contribution in [3.63, 3.8) is 0 Å². The Morgan fingerprint density at radius 3 is 2.21 bits per heavy atom. The Hall–Kier alpha value is -4.66. The van der Waals surface area contributed by atoms with E-state index < -0.39 is 0 Å². The number of unbranched alkanes of at least 4 members (excludes halogenated alkanes) is 1. The molecule has 53 heavy (non-hydrogen) atoms. The molecule has 1 amide bonds. The van der Waals surface area contributed by atoms with Crippen molar-refractivity contribution < 1.29 is 33.4 Å². The van der Waals surface area contributed by atoms with Crippen LogP contribution < -0.4 is 15.4 Å². The third-order valence-electron chi connectivity index (χ3n) is 8.70. The number of nitrogens with one attached hydrogen (secondary N) is 2. The van der Waals surface area contributed by atoms with Gasteiger partial charge in [-0.2, -0.15) is 0 Å². The third-order valence-corrected chi connectivity index (χ3v) is 8.70. The molecule has 2 aromatic carbocycles. The van der Waals surface area contributed by atoms with E-state index >= 15 is 0 Å². The van der Waals surface area contributed by atoms with Gasteiger partial charge in [-0.25, -0.2) is 0 Å². The molecule has 2 N–H and O–H groups in total. The number of rotatable bonds is 24. The number of carbonyl (C=O) groups excluding carboxylic acids is 4. The standard InChI is InChI=1S/C28H43NO4.C16H19NO3/c1-6-9-13-25(22-27(31-4)12-8-3)29-18-10-19-33-26-16-14-23(15-17-26)20-24(11-7-2)21-28(30)32-5;1-11(18)12-7-9-14(10-8-12)17-16(20)4-2-3-15(19)13-5-6-13/h8,12-17,22,24,29H,6-7,9-11,18-21H2,1-5H3;7-10,13H,2-6H2,1H3,(H,17,20)/b12-8-,25-13-,27-22+;. The zero-order chi connectivity index (χ0) is 38.8. The molecule has 9 heteroatoms. The molecule has 2 aromatic rings. The number of allylic oxidation sites excluding steroid dienone is 4. The summed E-state index contributed by atoms with van der Waals surface area (Å²) in [5, 5.41) is 6.25. The second-order valence-electron chi connectivity index (χ2n) is 13.4. The van der Waals surface area contributed by atoms with E-state index in [-0.39, 0.29) is 23.6 Å². The zero-order valence-electron chi connectivity index (χ0n) is 32.8. The Bertz CT molecular complexity index is 1490. The van der Waals surface area contributed by atoms with Crippen LogP contribution in [0.2, 0.25) is 0 Å². The highest BCUT2D eigenvalue weighted by molar-refractivity contribution is 5.95. The number of esters is 1. The molecule has 0 bridgehead atoms. The van der Waals surface area contributed by atoms with Gasteiger partial charge >= 0.3 is 5.97 Å². The number of Topliss-reactive ketones (excluding diaryl/α,β-unsaturated/α-hetero) is 2. The summed E-state index contributed by atoms with van der Waals surface area (Å²) in [4.78, 5) is 46.0. The fourth-order valence-corrected chi connectivity index (χ4v) is 5.57. The van der Waals surface area contributed by atoms with E-state index in [0.717, 1.165) is 75.1 Å². The zero-order valence-corrected chi connectivity index (χ0v) is 32.8. The minimum atomic E-state index is -0.134. The normalized spacial score (nSPS) is 13.4. The molecule has 3 rings (SSSR count). The SMILES string of the molecule is CC(=O)c1ccc(NC(=O)CCCC(=O)C2CC2)cc1.C\C=C/C(=C\C(=C\CCC)NCCCOc1ccc(CC(CCC)CC(=O)OC)cc1)OC. The Balaban J connectivity index is 0.000000412. The Kier molecular flexibility index (Phi) is 22.0. The molecule has 290 valence electrons. The van der Waals surface area contributed by atoms with Crippen LogP contribution in [0.5, 0.6) is 5.75 Å². The quantitative estimate of drug-likeness (QED) is 0.0361. The first-order chi connectivity index (χ1) is 25.6. The number of ketones is 2. The molecule has 1 aliphatic rings. The van der Waals surface area contributed by atoms with Crippen LogP contribution >= 0.6 is 0 Å². The van der Waals surface area contributed by atoms with Gasteiger partial charge in [0.1, 0.15) is 17.3 Å². The fraction of sp³-hybridized carbons (Fsp3) is 0.500. The van der Waals surface area contributed by atoms with Gasteiger partial charge in [-0.15, -0.1) is 0 Å². The van der Waals surface area contributed by atoms with Gasteiger partial charge in [-0.05, 0) is 113 Å². The van der Waals surface area contributed by atoms with Crippen molar-refractivity contribution in [3.05, 3.63) is 95.4 Å². The van der Waals surface area contributed by atoms with Gasteiger partial charge in [-0.1, -0.05) is 51.0 Å². The van der Waals surface area contributed by atoms with Gasteiger partial charge in [0.25, 0.3) is 0 Å². The maximum Gasteiger partial charge on any atom is 0.305 e. The van der Waals surface area contributed by atoms with E-state index in [4.69, 9.17) is 14.2 Å². The summed E-state index contributed by atoms with van der Waals surface area (Å²) in [5.74, 6) is 2.36. The summed E-state index contributed by atoms with van der Waals surface area (Å²) in [7, 11) is 3.14. The number of methoxy groups -OCH3 is 2. The van der Waals surface area contributed by atoms with Gasteiger partial charge in [0.15, 0.2) is 5.78 Å². The van der Waals surface area contributed by atoms with Gasteiger partial charge < -0.3 is 24.8 Å². The van der Waals surface area contributed by atoms with Crippen LogP contribution in [0.1, 0.15) is 114 Å². The van der Waals surface area contributed by atoms with Crippen molar-refractivity contribution in [3.8, 4) is 5.75 Å². The van der Waals surface area contributed by atoms with Gasteiger partial charge in [-0.3, -0.25) is 19.2 Å². The lowest BCUT2D eigenvalue weighted by Crippen LogP contribution is -2.16. The Morgan fingerprint density at radius 1 is 0.906 bits per heavy atom. The molecule has 1 unspecified atom stereocenters. The van der Waals surface area contributed by atoms with Crippen LogP contribution in [-0.2, 0) is 30.3 Å². The van der Waals surface area contributed by atoms with Crippen LogP contribution in [0, 0.1) is 11.8 Å². The third kappa shape index (κ3) is 19.7. The lowest BCUT2D eigenvalue weighted by molar-refractivity contribution is -0.141. The van der Waals surface area contributed by atoms with Crippen molar-refractivity contribution >= 4 is 29.1 Å². The number of anilines is 1. The molecule has 0 saturated heterocycles. The predicted octanol–water partition coefficient (Wildman–Crippen LogP) is 9.33. The molecule has 9 nitrogen and oxygen atoms in total. The largest absolute Gasteiger partial charge is 0.497 e. The summed E-state index contributed by atoms with van der Waals surface area (Å²) in [6.45, 7) is 9.26. The maximum absolute atomic E-state index is 11.7. The number of benzene rings is 2. The van der Waals surface area contributed by atoms with Crippen LogP contribution in [-0.4, -0.2) is 50.8 Å². The molecule has 0 aromatic heterocycles. The Labute approximate surface area is 317 Å². The number of carbonyl (C=O) groups is 4. The smallest absolute Gasteiger partial charge is 0.305 e. The van der Waals surface area contributed by atoms with Crippen LogP contribution in [0.25, 0.3) is 0 Å². The van der Waals surface area contributed by atoms with Crippen molar-refractivity contribution in [2.75, 3.05) is 32.7 Å². The molecule has 0 radical (unpaired) electrons. The van der Waals surface area contributed by atoms with E-state index in [1.807, 2.05) is 37.3 Å². The highest BCUT2D eigenvalue weighted by Gasteiger charge is 2.28. The second-order valence-corrected chi connectivity index (χ2v) is 13.4. The number of ether oxygens (including phenoxy) is 3. The number of hydrogen-bond donors (Lipinski definition) is 2. The molecule has 1 aliphatic carbocycles. The van der Waals surface area contributed by atoms with Crippen molar-refractivity contribution in [1.29, 1.82) is 0 Å². The van der Waals surface area contributed by atoms with E-state index in [9.17, 15) is 19.2 Å². The van der Waals surface area contributed by atoms with E-state index in [1.54, 1.807) is 31.4 Å². The summed E-state index contributed by atoms with van der Waals surface area (Å²) < 4.78 is 16.2. The lowest BCUT2D eigenvalue weighted by atomic mass is 9.92. The number of hydrogen-bond acceptors (Lipinski definition) is 8. The van der Waals surface area contributed by atoms with E-state index in [2.05, 4.69) is 42.7 Å². The van der Waals surface area contributed by atoms with Gasteiger partial charge in [0, 0.05) is 54.7 Å². The van der Waals surface area contributed by atoms with Gasteiger partial charge in [0.2, 0.25) is 5.91 Å². The molecular formula is C44H62N2O7. The number of amides is 1. The van der Waals surface area contributed by atoms with Crippen molar-refractivity contribution in [2.45, 2.75) is 105 Å². The van der Waals surface area contributed by atoms with Crippen molar-refractivity contribution in [2.24, 2.45) is 11.8 Å². The summed E-state index contributed by atoms with van der Waals surface area (Å²) >= 11 is 0. The molecule has 0 heterocycles. The summed E-state index contributed by atoms with van der Waals surface area (Å²) in [5.41, 5.74) is 3.59. The fourth-order valence-electron chi connectivity index (χ4n) is 5.57. The molecule has 0 spiro atoms. The average molecular weight is 731 g/mol. The Morgan fingerprint density at radius 2 is 1.62 bits per heavy atom. The van der Waals surface area contributed by atoms with Gasteiger partial charge in [0.05, 0.1) is 20.8 Å². The second kappa shape index (κ2) is 26.2. The van der Waals surface area contributed by atoms with Crippen LogP contribution in [0.4, 0.5) is 5.69 Å². The minimum Gasteiger partial charge on any atom is -0.497 e. The topological polar surface area (TPSA) is 120 Å². The molecular weight excluding hydrogens is 668 g/mol. The average Bonchev–Trinajstić information content (AvgIpc) is 4.00. The minimum absolute atomic E-state index is 0.00136. The van der Waals surface area contributed by atoms with E-state index in [1.165, 1.54) is 19.6 Å².